The molecule has 1 heterocycles. The Kier molecular flexibility index (Phi) is 9.39. The molecule has 1 saturated heterocycles. The lowest BCUT2D eigenvalue weighted by atomic mass is 9.92. The van der Waals surface area contributed by atoms with Crippen LogP contribution in [-0.4, -0.2) is 62.9 Å². The molecule has 0 spiro atoms. The SMILES string of the molecule is CCCCOCCOCC(O)CNC1(C)CCOCC1. The fourth-order valence-electron chi connectivity index (χ4n) is 2.11. The van der Waals surface area contributed by atoms with E-state index in [0.717, 1.165) is 45.5 Å². The second-order valence-corrected chi connectivity index (χ2v) is 5.75. The molecule has 1 aliphatic heterocycles. The van der Waals surface area contributed by atoms with Gasteiger partial charge in [-0.25, -0.2) is 0 Å². The van der Waals surface area contributed by atoms with Crippen LogP contribution in [0.1, 0.15) is 39.5 Å². The molecule has 0 saturated carbocycles. The molecule has 1 atom stereocenters. The summed E-state index contributed by atoms with van der Waals surface area (Å²) in [6.07, 6.45) is 3.76. The summed E-state index contributed by atoms with van der Waals surface area (Å²) >= 11 is 0. The Morgan fingerprint density at radius 2 is 1.90 bits per heavy atom. The molecule has 0 radical (unpaired) electrons. The van der Waals surface area contributed by atoms with E-state index < -0.39 is 6.10 Å². The Bertz CT molecular complexity index is 232. The predicted octanol–water partition coefficient (Wildman–Crippen LogP) is 1.34. The van der Waals surface area contributed by atoms with Crippen LogP contribution >= 0.6 is 0 Å². The van der Waals surface area contributed by atoms with E-state index in [9.17, 15) is 5.11 Å². The van der Waals surface area contributed by atoms with Gasteiger partial charge in [0.05, 0.1) is 25.9 Å². The standard InChI is InChI=1S/C15H31NO4/c1-3-4-7-18-10-11-20-13-14(17)12-16-15(2)5-8-19-9-6-15/h14,16-17H,3-13H2,1-2H3. The van der Waals surface area contributed by atoms with E-state index >= 15 is 0 Å². The Balaban J connectivity index is 1.96. The highest BCUT2D eigenvalue weighted by Gasteiger charge is 2.27. The van der Waals surface area contributed by atoms with E-state index in [1.807, 2.05) is 0 Å². The van der Waals surface area contributed by atoms with Gasteiger partial charge in [-0.15, -0.1) is 0 Å². The molecule has 20 heavy (non-hydrogen) atoms. The van der Waals surface area contributed by atoms with E-state index in [-0.39, 0.29) is 5.54 Å². The fraction of sp³-hybridized carbons (Fsp3) is 1.00. The highest BCUT2D eigenvalue weighted by molar-refractivity contribution is 4.86. The van der Waals surface area contributed by atoms with E-state index in [1.165, 1.54) is 0 Å². The van der Waals surface area contributed by atoms with Gasteiger partial charge in [0.15, 0.2) is 0 Å². The van der Waals surface area contributed by atoms with Crippen molar-refractivity contribution in [3.8, 4) is 0 Å². The van der Waals surface area contributed by atoms with Crippen molar-refractivity contribution >= 4 is 0 Å². The van der Waals surface area contributed by atoms with Crippen molar-refractivity contribution in [3.63, 3.8) is 0 Å². The maximum Gasteiger partial charge on any atom is 0.0897 e. The van der Waals surface area contributed by atoms with Gasteiger partial charge in [0, 0.05) is 31.9 Å². The maximum atomic E-state index is 9.88. The minimum Gasteiger partial charge on any atom is -0.389 e. The highest BCUT2D eigenvalue weighted by Crippen LogP contribution is 2.19. The summed E-state index contributed by atoms with van der Waals surface area (Å²) in [7, 11) is 0. The number of aliphatic hydroxyl groups excluding tert-OH is 1. The summed E-state index contributed by atoms with van der Waals surface area (Å²) in [4.78, 5) is 0. The number of aliphatic hydroxyl groups is 1. The quantitative estimate of drug-likeness (QED) is 0.562. The van der Waals surface area contributed by atoms with E-state index in [1.54, 1.807) is 0 Å². The minimum atomic E-state index is -0.467. The van der Waals surface area contributed by atoms with Crippen LogP contribution in [0.3, 0.4) is 0 Å². The lowest BCUT2D eigenvalue weighted by Crippen LogP contribution is -2.49. The molecule has 1 unspecified atom stereocenters. The Hall–Kier alpha value is -0.200. The van der Waals surface area contributed by atoms with Crippen LogP contribution in [0, 0.1) is 0 Å². The van der Waals surface area contributed by atoms with Crippen molar-refractivity contribution < 1.29 is 19.3 Å². The van der Waals surface area contributed by atoms with Crippen molar-refractivity contribution in [2.45, 2.75) is 51.2 Å². The van der Waals surface area contributed by atoms with Crippen LogP contribution in [0.25, 0.3) is 0 Å². The van der Waals surface area contributed by atoms with Crippen molar-refractivity contribution in [3.05, 3.63) is 0 Å². The van der Waals surface area contributed by atoms with Gasteiger partial charge >= 0.3 is 0 Å². The first-order valence-electron chi connectivity index (χ1n) is 7.82. The lowest BCUT2D eigenvalue weighted by Gasteiger charge is -2.35. The summed E-state index contributed by atoms with van der Waals surface area (Å²) in [5.74, 6) is 0. The Labute approximate surface area is 123 Å². The first kappa shape index (κ1) is 17.9. The molecular formula is C15H31NO4. The van der Waals surface area contributed by atoms with Gasteiger partial charge in [-0.3, -0.25) is 0 Å². The Morgan fingerprint density at radius 3 is 2.60 bits per heavy atom. The van der Waals surface area contributed by atoms with Crippen LogP contribution in [0.2, 0.25) is 0 Å². The molecular weight excluding hydrogens is 258 g/mol. The predicted molar refractivity (Wildman–Crippen MR) is 79.0 cm³/mol. The van der Waals surface area contributed by atoms with Gasteiger partial charge in [-0.05, 0) is 26.2 Å². The number of rotatable bonds is 11. The van der Waals surface area contributed by atoms with E-state index in [2.05, 4.69) is 19.2 Å². The molecule has 0 aliphatic carbocycles. The molecule has 5 heteroatoms. The molecule has 0 aromatic heterocycles. The first-order valence-corrected chi connectivity index (χ1v) is 7.82. The first-order chi connectivity index (χ1) is 9.66. The van der Waals surface area contributed by atoms with Crippen molar-refractivity contribution in [2.75, 3.05) is 46.2 Å². The summed E-state index contributed by atoms with van der Waals surface area (Å²) in [6.45, 7) is 8.79. The summed E-state index contributed by atoms with van der Waals surface area (Å²) in [5.41, 5.74) is 0.0858. The third-order valence-electron chi connectivity index (χ3n) is 3.69. The summed E-state index contributed by atoms with van der Waals surface area (Å²) < 4.78 is 16.1. The topological polar surface area (TPSA) is 60.0 Å². The zero-order chi connectivity index (χ0) is 14.7. The van der Waals surface area contributed by atoms with E-state index in [4.69, 9.17) is 14.2 Å². The summed E-state index contributed by atoms with van der Waals surface area (Å²) in [5, 5.41) is 13.3. The third kappa shape index (κ3) is 8.17. The number of ether oxygens (including phenoxy) is 3. The minimum absolute atomic E-state index is 0.0858. The molecule has 0 amide bonds. The molecule has 1 rings (SSSR count). The number of nitrogens with one attached hydrogen (secondary N) is 1. The average Bonchev–Trinajstić information content (AvgIpc) is 2.45. The Morgan fingerprint density at radius 1 is 1.20 bits per heavy atom. The number of hydrogen-bond acceptors (Lipinski definition) is 5. The lowest BCUT2D eigenvalue weighted by molar-refractivity contribution is -0.00384. The van der Waals surface area contributed by atoms with Crippen LogP contribution in [0.5, 0.6) is 0 Å². The second kappa shape index (κ2) is 10.5. The monoisotopic (exact) mass is 289 g/mol. The van der Waals surface area contributed by atoms with Gasteiger partial charge in [-0.2, -0.15) is 0 Å². The van der Waals surface area contributed by atoms with E-state index in [0.29, 0.717) is 26.4 Å². The van der Waals surface area contributed by atoms with Crippen LogP contribution < -0.4 is 5.32 Å². The maximum absolute atomic E-state index is 9.88. The zero-order valence-corrected chi connectivity index (χ0v) is 13.0. The van der Waals surface area contributed by atoms with Gasteiger partial charge < -0.3 is 24.6 Å². The third-order valence-corrected chi connectivity index (χ3v) is 3.69. The van der Waals surface area contributed by atoms with Crippen molar-refractivity contribution in [1.82, 2.24) is 5.32 Å². The van der Waals surface area contributed by atoms with Gasteiger partial charge in [-0.1, -0.05) is 13.3 Å². The second-order valence-electron chi connectivity index (χ2n) is 5.75. The molecule has 0 bridgehead atoms. The number of unbranched alkanes of at least 4 members (excludes halogenated alkanes) is 1. The molecule has 2 N–H and O–H groups in total. The number of hydrogen-bond donors (Lipinski definition) is 2. The van der Waals surface area contributed by atoms with Gasteiger partial charge in [0.25, 0.3) is 0 Å². The summed E-state index contributed by atoms with van der Waals surface area (Å²) in [6, 6.07) is 0. The fourth-order valence-corrected chi connectivity index (χ4v) is 2.11. The van der Waals surface area contributed by atoms with Gasteiger partial charge in [0.2, 0.25) is 0 Å². The molecule has 1 fully saturated rings. The van der Waals surface area contributed by atoms with Crippen molar-refractivity contribution in [2.24, 2.45) is 0 Å². The molecule has 1 aliphatic rings. The van der Waals surface area contributed by atoms with Crippen molar-refractivity contribution in [1.29, 1.82) is 0 Å². The zero-order valence-electron chi connectivity index (χ0n) is 13.0. The normalized spacial score (nSPS) is 19.9. The number of β-amino-alcohol motifs (C(OH)–C–C–N with tert-alkyl or cyclic N) is 1. The molecule has 5 nitrogen and oxygen atoms in total. The van der Waals surface area contributed by atoms with Crippen LogP contribution in [0.15, 0.2) is 0 Å². The van der Waals surface area contributed by atoms with Gasteiger partial charge in [0.1, 0.15) is 0 Å². The van der Waals surface area contributed by atoms with Crippen LogP contribution in [-0.2, 0) is 14.2 Å². The molecule has 0 aromatic carbocycles. The smallest absolute Gasteiger partial charge is 0.0897 e. The molecule has 0 aromatic rings. The van der Waals surface area contributed by atoms with Crippen LogP contribution in [0.4, 0.5) is 0 Å². The highest BCUT2D eigenvalue weighted by atomic mass is 16.5. The largest absolute Gasteiger partial charge is 0.389 e. The average molecular weight is 289 g/mol. The molecule has 120 valence electrons.